The van der Waals surface area contributed by atoms with Gasteiger partial charge in [0.2, 0.25) is 0 Å². The molecule has 12 rings (SSSR count). The number of aromatic nitrogens is 3. The number of para-hydroxylation sites is 2. The van der Waals surface area contributed by atoms with E-state index in [0.29, 0.717) is 17.5 Å². The summed E-state index contributed by atoms with van der Waals surface area (Å²) in [5.41, 5.74) is 11.9. The Balaban J connectivity index is 1.03. The molecule has 0 bridgehead atoms. The Bertz CT molecular complexity index is 3470. The first kappa shape index (κ1) is 31.5. The van der Waals surface area contributed by atoms with E-state index in [9.17, 15) is 0 Å². The summed E-state index contributed by atoms with van der Waals surface area (Å²) in [5.74, 6) is 1.82. The number of nitrogens with zero attached hydrogens (tertiary/aromatic N) is 3. The molecular weight excluding hydrogens is 703 g/mol. The van der Waals surface area contributed by atoms with Gasteiger partial charge in [-0.25, -0.2) is 15.0 Å². The highest BCUT2D eigenvalue weighted by Crippen LogP contribution is 2.45. The fourth-order valence-corrected chi connectivity index (χ4v) is 8.30. The number of hydrogen-bond donors (Lipinski definition) is 0. The van der Waals surface area contributed by atoms with Crippen molar-refractivity contribution >= 4 is 65.8 Å². The minimum Gasteiger partial charge on any atom is -0.456 e. The zero-order valence-corrected chi connectivity index (χ0v) is 30.3. The third-order valence-electron chi connectivity index (χ3n) is 11.0. The van der Waals surface area contributed by atoms with Gasteiger partial charge in [0.05, 0.1) is 0 Å². The van der Waals surface area contributed by atoms with E-state index in [2.05, 4.69) is 72.8 Å². The highest BCUT2D eigenvalue weighted by Gasteiger charge is 2.21. The van der Waals surface area contributed by atoms with Crippen molar-refractivity contribution in [3.8, 4) is 56.4 Å². The first-order chi connectivity index (χ1) is 28.2. The molecule has 0 radical (unpaired) electrons. The van der Waals surface area contributed by atoms with Gasteiger partial charge in [0.1, 0.15) is 33.5 Å². The molecule has 0 saturated carbocycles. The molecule has 0 unspecified atom stereocenters. The molecule has 0 amide bonds. The summed E-state index contributed by atoms with van der Waals surface area (Å²) < 4.78 is 19.5. The number of rotatable bonds is 5. The summed E-state index contributed by atoms with van der Waals surface area (Å²) in [6.45, 7) is 0. The summed E-state index contributed by atoms with van der Waals surface area (Å²) in [5, 5.41) is 6.24. The van der Waals surface area contributed by atoms with Gasteiger partial charge >= 0.3 is 0 Å². The van der Waals surface area contributed by atoms with Gasteiger partial charge in [0.25, 0.3) is 0 Å². The van der Waals surface area contributed by atoms with Crippen LogP contribution in [0.15, 0.2) is 189 Å². The van der Waals surface area contributed by atoms with Gasteiger partial charge in [-0.15, -0.1) is 0 Å². The Morgan fingerprint density at radius 2 is 0.842 bits per heavy atom. The number of benzene rings is 8. The second-order valence-corrected chi connectivity index (χ2v) is 14.3. The van der Waals surface area contributed by atoms with Crippen molar-refractivity contribution in [1.29, 1.82) is 0 Å². The molecule has 6 nitrogen and oxygen atoms in total. The minimum absolute atomic E-state index is 0.587. The van der Waals surface area contributed by atoms with Gasteiger partial charge in [-0.2, -0.15) is 0 Å². The van der Waals surface area contributed by atoms with E-state index in [1.54, 1.807) is 0 Å². The van der Waals surface area contributed by atoms with Crippen LogP contribution in [0.1, 0.15) is 0 Å². The molecule has 57 heavy (non-hydrogen) atoms. The third kappa shape index (κ3) is 5.01. The smallest absolute Gasteiger partial charge is 0.164 e. The monoisotopic (exact) mass is 731 g/mol. The zero-order chi connectivity index (χ0) is 37.5. The van der Waals surface area contributed by atoms with Crippen LogP contribution >= 0.6 is 0 Å². The molecule has 0 aliphatic rings. The van der Waals surface area contributed by atoms with Crippen LogP contribution in [0, 0.1) is 0 Å². The first-order valence-corrected chi connectivity index (χ1v) is 18.9. The summed E-state index contributed by atoms with van der Waals surface area (Å²) >= 11 is 0. The molecule has 12 aromatic rings. The third-order valence-corrected chi connectivity index (χ3v) is 11.0. The van der Waals surface area contributed by atoms with Gasteiger partial charge < -0.3 is 13.3 Å². The lowest BCUT2D eigenvalue weighted by Gasteiger charge is -2.09. The van der Waals surface area contributed by atoms with E-state index in [1.165, 1.54) is 0 Å². The Hall–Kier alpha value is -7.83. The Kier molecular flexibility index (Phi) is 6.83. The van der Waals surface area contributed by atoms with E-state index in [-0.39, 0.29) is 0 Å². The average Bonchev–Trinajstić information content (AvgIpc) is 3.98. The molecule has 0 spiro atoms. The molecule has 0 saturated heterocycles. The average molecular weight is 732 g/mol. The van der Waals surface area contributed by atoms with E-state index < -0.39 is 0 Å². The molecule has 6 heteroatoms. The molecule has 0 fully saturated rings. The highest BCUT2D eigenvalue weighted by molar-refractivity contribution is 6.18. The lowest BCUT2D eigenvalue weighted by molar-refractivity contribution is 0.668. The van der Waals surface area contributed by atoms with Crippen molar-refractivity contribution in [1.82, 2.24) is 15.0 Å². The lowest BCUT2D eigenvalue weighted by Crippen LogP contribution is -2.00. The van der Waals surface area contributed by atoms with Crippen molar-refractivity contribution in [2.24, 2.45) is 0 Å². The molecule has 0 atom stereocenters. The van der Waals surface area contributed by atoms with Crippen LogP contribution in [-0.2, 0) is 0 Å². The van der Waals surface area contributed by atoms with Crippen molar-refractivity contribution < 1.29 is 13.3 Å². The van der Waals surface area contributed by atoms with Crippen molar-refractivity contribution in [2.45, 2.75) is 0 Å². The molecule has 0 aliphatic heterocycles. The molecule has 266 valence electrons. The topological polar surface area (TPSA) is 78.1 Å². The highest BCUT2D eigenvalue weighted by atomic mass is 16.3. The summed E-state index contributed by atoms with van der Waals surface area (Å²) in [4.78, 5) is 15.0. The summed E-state index contributed by atoms with van der Waals surface area (Å²) in [6.07, 6.45) is 0. The Morgan fingerprint density at radius 1 is 0.281 bits per heavy atom. The second-order valence-electron chi connectivity index (χ2n) is 14.3. The van der Waals surface area contributed by atoms with E-state index in [0.717, 1.165) is 105 Å². The fourth-order valence-electron chi connectivity index (χ4n) is 8.30. The minimum atomic E-state index is 0.587. The maximum absolute atomic E-state index is 6.70. The predicted molar refractivity (Wildman–Crippen MR) is 229 cm³/mol. The van der Waals surface area contributed by atoms with Crippen molar-refractivity contribution in [2.75, 3.05) is 0 Å². The number of furan rings is 3. The van der Waals surface area contributed by atoms with Crippen LogP contribution in [-0.4, -0.2) is 15.0 Å². The van der Waals surface area contributed by atoms with Crippen LogP contribution in [0.3, 0.4) is 0 Å². The first-order valence-electron chi connectivity index (χ1n) is 18.9. The fraction of sp³-hybridized carbons (Fsp3) is 0. The van der Waals surface area contributed by atoms with Gasteiger partial charge in [-0.1, -0.05) is 127 Å². The van der Waals surface area contributed by atoms with Crippen LogP contribution in [0.5, 0.6) is 0 Å². The van der Waals surface area contributed by atoms with Crippen LogP contribution in [0.4, 0.5) is 0 Å². The summed E-state index contributed by atoms with van der Waals surface area (Å²) in [6, 6.07) is 59.8. The van der Waals surface area contributed by atoms with Gasteiger partial charge in [0.15, 0.2) is 17.5 Å². The lowest BCUT2D eigenvalue weighted by atomic mass is 9.93. The maximum Gasteiger partial charge on any atom is 0.164 e. The molecule has 4 heterocycles. The molecule has 8 aromatic carbocycles. The number of fused-ring (bicyclic) bond motifs is 9. The van der Waals surface area contributed by atoms with E-state index in [4.69, 9.17) is 28.2 Å². The standard InChI is InChI=1S/C51H29N3O3/c1-3-12-30(13-4-1)49-52-50(31-14-5-2-6-15-31)54-51(53-49)39-18-11-21-44-46(39)38-24-22-33(29-45(38)56-44)34-25-26-35(48-47(34)37-17-8-10-20-42(37)57-48)32-23-27-43-40(28-32)36-16-7-9-19-41(36)55-43/h1-29H. The van der Waals surface area contributed by atoms with E-state index >= 15 is 0 Å². The predicted octanol–water partition coefficient (Wildman–Crippen LogP) is 13.9. The maximum atomic E-state index is 6.70. The van der Waals surface area contributed by atoms with Gasteiger partial charge in [-0.3, -0.25) is 0 Å². The zero-order valence-electron chi connectivity index (χ0n) is 30.3. The van der Waals surface area contributed by atoms with Crippen LogP contribution < -0.4 is 0 Å². The van der Waals surface area contributed by atoms with Gasteiger partial charge in [-0.05, 0) is 65.2 Å². The largest absolute Gasteiger partial charge is 0.456 e. The second kappa shape index (κ2) is 12.3. The molecule has 4 aromatic heterocycles. The van der Waals surface area contributed by atoms with Gasteiger partial charge in [0, 0.05) is 54.6 Å². The normalized spacial score (nSPS) is 11.9. The Labute approximate surface area is 325 Å². The van der Waals surface area contributed by atoms with Crippen molar-refractivity contribution in [3.05, 3.63) is 176 Å². The molecule has 0 aliphatic carbocycles. The quantitative estimate of drug-likeness (QED) is 0.175. The Morgan fingerprint density at radius 3 is 1.61 bits per heavy atom. The van der Waals surface area contributed by atoms with E-state index in [1.807, 2.05) is 103 Å². The summed E-state index contributed by atoms with van der Waals surface area (Å²) in [7, 11) is 0. The number of hydrogen-bond acceptors (Lipinski definition) is 6. The van der Waals surface area contributed by atoms with Crippen LogP contribution in [0.2, 0.25) is 0 Å². The SMILES string of the molecule is c1ccc(-c2nc(-c3ccccc3)nc(-c3cccc4oc5cc(-c6ccc(-c7ccc8oc9ccccc9c8c7)c7oc8ccccc8c67)ccc5c34)n2)cc1. The molecule has 0 N–H and O–H groups in total. The molecular formula is C51H29N3O3. The van der Waals surface area contributed by atoms with Crippen LogP contribution in [0.25, 0.3) is 122 Å². The van der Waals surface area contributed by atoms with Crippen molar-refractivity contribution in [3.63, 3.8) is 0 Å².